The van der Waals surface area contributed by atoms with Crippen LogP contribution in [-0.4, -0.2) is 31.6 Å². The van der Waals surface area contributed by atoms with Crippen LogP contribution in [0.15, 0.2) is 35.5 Å². The highest BCUT2D eigenvalue weighted by atomic mass is 127. The number of aryl methyl sites for hydroxylation is 2. The standard InChI is InChI=1S/C18H26N4OS.HI/c1-4-16-12-21-17(24-16)13-22-18(19-2)20-11-5-6-14-7-9-15(23-3)10-8-14;/h7-10,12H,4-6,11,13H2,1-3H3,(H2,19,20,22);1H. The SMILES string of the molecule is CCc1cnc(CNC(=NC)NCCCc2ccc(OC)cc2)s1.I. The fraction of sp³-hybridized carbons (Fsp3) is 0.444. The Hall–Kier alpha value is -1.35. The molecule has 0 radical (unpaired) electrons. The minimum Gasteiger partial charge on any atom is -0.497 e. The summed E-state index contributed by atoms with van der Waals surface area (Å²) < 4.78 is 5.17. The minimum absolute atomic E-state index is 0. The second kappa shape index (κ2) is 12.1. The van der Waals surface area contributed by atoms with Gasteiger partial charge in [-0.15, -0.1) is 35.3 Å². The lowest BCUT2D eigenvalue weighted by Gasteiger charge is -2.11. The molecule has 138 valence electrons. The number of benzene rings is 1. The number of aliphatic imine (C=N–C) groups is 1. The maximum absolute atomic E-state index is 5.17. The Morgan fingerprint density at radius 1 is 1.24 bits per heavy atom. The first-order valence-electron chi connectivity index (χ1n) is 8.26. The largest absolute Gasteiger partial charge is 0.497 e. The van der Waals surface area contributed by atoms with Crippen LogP contribution < -0.4 is 15.4 Å². The highest BCUT2D eigenvalue weighted by Crippen LogP contribution is 2.13. The Kier molecular flexibility index (Phi) is 10.5. The fourth-order valence-corrected chi connectivity index (χ4v) is 3.07. The minimum atomic E-state index is 0. The molecule has 0 bridgehead atoms. The summed E-state index contributed by atoms with van der Waals surface area (Å²) in [4.78, 5) is 9.97. The van der Waals surface area contributed by atoms with E-state index in [1.165, 1.54) is 10.4 Å². The van der Waals surface area contributed by atoms with Crippen LogP contribution in [0.1, 0.15) is 28.8 Å². The van der Waals surface area contributed by atoms with Gasteiger partial charge in [-0.1, -0.05) is 19.1 Å². The van der Waals surface area contributed by atoms with Gasteiger partial charge in [-0.25, -0.2) is 4.98 Å². The maximum atomic E-state index is 5.17. The Morgan fingerprint density at radius 3 is 2.60 bits per heavy atom. The van der Waals surface area contributed by atoms with Crippen LogP contribution in [0.25, 0.3) is 0 Å². The third-order valence-electron chi connectivity index (χ3n) is 3.67. The van der Waals surface area contributed by atoms with E-state index < -0.39 is 0 Å². The van der Waals surface area contributed by atoms with Crippen molar-refractivity contribution in [2.75, 3.05) is 20.7 Å². The molecule has 25 heavy (non-hydrogen) atoms. The van der Waals surface area contributed by atoms with Crippen molar-refractivity contribution in [2.45, 2.75) is 32.7 Å². The van der Waals surface area contributed by atoms with Gasteiger partial charge in [0.05, 0.1) is 13.7 Å². The molecule has 2 aromatic rings. The van der Waals surface area contributed by atoms with Crippen LogP contribution in [0.3, 0.4) is 0 Å². The molecule has 2 N–H and O–H groups in total. The number of thiazole rings is 1. The van der Waals surface area contributed by atoms with Gasteiger partial charge in [0.2, 0.25) is 0 Å². The van der Waals surface area contributed by atoms with Gasteiger partial charge in [-0.3, -0.25) is 4.99 Å². The lowest BCUT2D eigenvalue weighted by atomic mass is 10.1. The molecule has 5 nitrogen and oxygen atoms in total. The number of nitrogens with one attached hydrogen (secondary N) is 2. The Bertz CT molecular complexity index is 643. The zero-order valence-corrected chi connectivity index (χ0v) is 18.2. The number of hydrogen-bond acceptors (Lipinski definition) is 4. The second-order valence-corrected chi connectivity index (χ2v) is 6.58. The molecule has 0 atom stereocenters. The number of guanidine groups is 1. The Labute approximate surface area is 171 Å². The van der Waals surface area contributed by atoms with E-state index in [-0.39, 0.29) is 24.0 Å². The molecular weight excluding hydrogens is 447 g/mol. The molecule has 0 saturated heterocycles. The number of halogens is 1. The van der Waals surface area contributed by atoms with Crippen molar-refractivity contribution in [3.63, 3.8) is 0 Å². The van der Waals surface area contributed by atoms with Crippen molar-refractivity contribution < 1.29 is 4.74 Å². The van der Waals surface area contributed by atoms with E-state index in [1.807, 2.05) is 18.3 Å². The third-order valence-corrected chi connectivity index (χ3v) is 4.82. The lowest BCUT2D eigenvalue weighted by molar-refractivity contribution is 0.414. The van der Waals surface area contributed by atoms with E-state index in [0.717, 1.165) is 42.5 Å². The first-order valence-corrected chi connectivity index (χ1v) is 9.07. The van der Waals surface area contributed by atoms with E-state index in [4.69, 9.17) is 4.74 Å². The third kappa shape index (κ3) is 7.60. The van der Waals surface area contributed by atoms with Gasteiger partial charge in [0.1, 0.15) is 10.8 Å². The summed E-state index contributed by atoms with van der Waals surface area (Å²) in [5.74, 6) is 1.72. The summed E-state index contributed by atoms with van der Waals surface area (Å²) in [5.41, 5.74) is 1.32. The maximum Gasteiger partial charge on any atom is 0.191 e. The number of ether oxygens (including phenoxy) is 1. The van der Waals surface area contributed by atoms with Gasteiger partial charge in [0, 0.05) is 24.7 Å². The number of methoxy groups -OCH3 is 1. The second-order valence-electron chi connectivity index (χ2n) is 5.38. The van der Waals surface area contributed by atoms with Gasteiger partial charge in [-0.2, -0.15) is 0 Å². The van der Waals surface area contributed by atoms with Crippen molar-refractivity contribution in [3.8, 4) is 5.75 Å². The molecule has 7 heteroatoms. The zero-order chi connectivity index (χ0) is 17.2. The zero-order valence-electron chi connectivity index (χ0n) is 15.0. The van der Waals surface area contributed by atoms with Gasteiger partial charge in [-0.05, 0) is 37.0 Å². The van der Waals surface area contributed by atoms with Crippen LogP contribution in [0.4, 0.5) is 0 Å². The molecule has 0 unspecified atom stereocenters. The molecule has 0 spiro atoms. The molecule has 0 amide bonds. The monoisotopic (exact) mass is 474 g/mol. The average molecular weight is 474 g/mol. The molecule has 2 rings (SSSR count). The molecule has 0 aliphatic carbocycles. The van der Waals surface area contributed by atoms with Crippen LogP contribution in [0, 0.1) is 0 Å². The summed E-state index contributed by atoms with van der Waals surface area (Å²) in [5, 5.41) is 7.74. The number of nitrogens with zero attached hydrogens (tertiary/aromatic N) is 2. The summed E-state index contributed by atoms with van der Waals surface area (Å²) in [7, 11) is 3.48. The van der Waals surface area contributed by atoms with E-state index in [1.54, 1.807) is 25.5 Å². The smallest absolute Gasteiger partial charge is 0.191 e. The van der Waals surface area contributed by atoms with Crippen molar-refractivity contribution in [2.24, 2.45) is 4.99 Å². The molecule has 0 saturated carbocycles. The van der Waals surface area contributed by atoms with Crippen molar-refractivity contribution >= 4 is 41.3 Å². The van der Waals surface area contributed by atoms with E-state index in [0.29, 0.717) is 6.54 Å². The molecular formula is C18H27IN4OS. The van der Waals surface area contributed by atoms with Gasteiger partial charge in [0.25, 0.3) is 0 Å². The van der Waals surface area contributed by atoms with Crippen molar-refractivity contribution in [3.05, 3.63) is 45.9 Å². The predicted octanol–water partition coefficient (Wildman–Crippen LogP) is 3.63. The summed E-state index contributed by atoms with van der Waals surface area (Å²) in [6, 6.07) is 8.23. The Balaban J connectivity index is 0.00000312. The van der Waals surface area contributed by atoms with E-state index >= 15 is 0 Å². The Morgan fingerprint density at radius 2 is 2.00 bits per heavy atom. The van der Waals surface area contributed by atoms with Gasteiger partial charge < -0.3 is 15.4 Å². The molecule has 1 heterocycles. The highest BCUT2D eigenvalue weighted by molar-refractivity contribution is 14.0. The lowest BCUT2D eigenvalue weighted by Crippen LogP contribution is -2.37. The van der Waals surface area contributed by atoms with E-state index in [9.17, 15) is 0 Å². The molecule has 0 aliphatic heterocycles. The predicted molar refractivity (Wildman–Crippen MR) is 116 cm³/mol. The topological polar surface area (TPSA) is 58.5 Å². The normalized spacial score (nSPS) is 10.9. The molecule has 1 aromatic carbocycles. The summed E-state index contributed by atoms with van der Waals surface area (Å²) in [6.45, 7) is 3.74. The van der Waals surface area contributed by atoms with Crippen molar-refractivity contribution in [1.29, 1.82) is 0 Å². The number of hydrogen-bond donors (Lipinski definition) is 2. The average Bonchev–Trinajstić information content (AvgIpc) is 3.09. The van der Waals surface area contributed by atoms with Crippen LogP contribution in [0.5, 0.6) is 5.75 Å². The number of rotatable bonds is 8. The number of aromatic nitrogens is 1. The molecule has 1 aromatic heterocycles. The van der Waals surface area contributed by atoms with E-state index in [2.05, 4.69) is 39.7 Å². The molecule has 0 aliphatic rings. The first-order chi connectivity index (χ1) is 11.7. The fourth-order valence-electron chi connectivity index (χ4n) is 2.26. The highest BCUT2D eigenvalue weighted by Gasteiger charge is 2.02. The van der Waals surface area contributed by atoms with Crippen LogP contribution in [0.2, 0.25) is 0 Å². The first kappa shape index (κ1) is 21.7. The summed E-state index contributed by atoms with van der Waals surface area (Å²) in [6.07, 6.45) is 5.06. The quantitative estimate of drug-likeness (QED) is 0.266. The van der Waals surface area contributed by atoms with Crippen LogP contribution >= 0.6 is 35.3 Å². The van der Waals surface area contributed by atoms with Gasteiger partial charge >= 0.3 is 0 Å². The molecule has 0 fully saturated rings. The van der Waals surface area contributed by atoms with Gasteiger partial charge in [0.15, 0.2) is 5.96 Å². The van der Waals surface area contributed by atoms with Crippen molar-refractivity contribution in [1.82, 2.24) is 15.6 Å². The van der Waals surface area contributed by atoms with Crippen LogP contribution in [-0.2, 0) is 19.4 Å². The summed E-state index contributed by atoms with van der Waals surface area (Å²) >= 11 is 1.75.